The highest BCUT2D eigenvalue weighted by Gasteiger charge is 2.25. The summed E-state index contributed by atoms with van der Waals surface area (Å²) >= 11 is 5.96. The molecule has 0 radical (unpaired) electrons. The summed E-state index contributed by atoms with van der Waals surface area (Å²) in [5.74, 6) is -0.553. The van der Waals surface area contributed by atoms with E-state index in [-0.39, 0.29) is 18.4 Å². The first-order valence-electron chi connectivity index (χ1n) is 8.32. The first-order valence-corrected chi connectivity index (χ1v) is 8.70. The Morgan fingerprint density at radius 3 is 2.63 bits per heavy atom. The fourth-order valence-corrected chi connectivity index (χ4v) is 2.59. The van der Waals surface area contributed by atoms with E-state index in [9.17, 15) is 14.0 Å². The molecule has 6 nitrogen and oxygen atoms in total. The summed E-state index contributed by atoms with van der Waals surface area (Å²) in [5, 5.41) is 5.84. The van der Waals surface area contributed by atoms with Gasteiger partial charge in [0, 0.05) is 10.7 Å². The molecule has 2 rings (SSSR count). The minimum absolute atomic E-state index is 0.0395. The number of amides is 2. The van der Waals surface area contributed by atoms with Gasteiger partial charge in [-0.1, -0.05) is 17.7 Å². The lowest BCUT2D eigenvalue weighted by Crippen LogP contribution is -3.14. The number of anilines is 2. The number of ether oxygens (including phenoxy) is 1. The second kappa shape index (κ2) is 9.34. The molecule has 0 aliphatic rings. The third-order valence-corrected chi connectivity index (χ3v) is 4.33. The normalized spacial score (nSPS) is 12.8. The standard InChI is InChI=1S/C19H21ClFN3O3/c1-12(19(26)23-16-9-13(20)7-8-17(16)27-3)24(2)11-18(25)22-15-6-4-5-14(21)10-15/h4-10,12H,11H2,1-3H3,(H,22,25)(H,23,26)/p+1/t12-/m0/s1. The zero-order valence-electron chi connectivity index (χ0n) is 15.3. The zero-order valence-corrected chi connectivity index (χ0v) is 16.1. The van der Waals surface area contributed by atoms with E-state index in [1.807, 2.05) is 0 Å². The molecule has 0 saturated carbocycles. The molecule has 0 aliphatic heterocycles. The van der Waals surface area contributed by atoms with E-state index >= 15 is 0 Å². The monoisotopic (exact) mass is 394 g/mol. The minimum atomic E-state index is -0.521. The van der Waals surface area contributed by atoms with Crippen LogP contribution in [0.1, 0.15) is 6.92 Å². The second-order valence-electron chi connectivity index (χ2n) is 6.14. The lowest BCUT2D eigenvalue weighted by atomic mass is 10.2. The Morgan fingerprint density at radius 1 is 1.22 bits per heavy atom. The van der Waals surface area contributed by atoms with Gasteiger partial charge in [-0.2, -0.15) is 0 Å². The number of carbonyl (C=O) groups excluding carboxylic acids is 2. The SMILES string of the molecule is COc1ccc(Cl)cc1NC(=O)[C@H](C)[NH+](C)CC(=O)Nc1cccc(F)c1. The zero-order chi connectivity index (χ0) is 20.0. The van der Waals surface area contributed by atoms with Gasteiger partial charge in [-0.25, -0.2) is 4.39 Å². The first-order chi connectivity index (χ1) is 12.8. The predicted octanol–water partition coefficient (Wildman–Crippen LogP) is 1.97. The predicted molar refractivity (Wildman–Crippen MR) is 103 cm³/mol. The van der Waals surface area contributed by atoms with Crippen LogP contribution in [0.25, 0.3) is 0 Å². The Hall–Kier alpha value is -2.64. The number of benzene rings is 2. The van der Waals surface area contributed by atoms with Crippen LogP contribution in [0, 0.1) is 5.82 Å². The molecule has 2 amide bonds. The Bertz CT molecular complexity index is 832. The van der Waals surface area contributed by atoms with E-state index in [0.29, 0.717) is 27.0 Å². The molecular formula is C19H22ClFN3O3+. The molecule has 2 aromatic carbocycles. The van der Waals surface area contributed by atoms with Gasteiger partial charge >= 0.3 is 0 Å². The van der Waals surface area contributed by atoms with E-state index in [2.05, 4.69) is 10.6 Å². The number of halogens is 2. The highest BCUT2D eigenvalue weighted by Crippen LogP contribution is 2.27. The first kappa shape index (κ1) is 20.7. The average Bonchev–Trinajstić information content (AvgIpc) is 2.61. The number of carbonyl (C=O) groups is 2. The number of methoxy groups -OCH3 is 1. The van der Waals surface area contributed by atoms with Gasteiger partial charge in [0.2, 0.25) is 0 Å². The molecule has 8 heteroatoms. The molecule has 0 bridgehead atoms. The largest absolute Gasteiger partial charge is 0.495 e. The topological polar surface area (TPSA) is 71.9 Å². The van der Waals surface area contributed by atoms with Gasteiger partial charge in [0.25, 0.3) is 11.8 Å². The van der Waals surface area contributed by atoms with Crippen molar-refractivity contribution in [3.63, 3.8) is 0 Å². The van der Waals surface area contributed by atoms with Gasteiger partial charge in [-0.05, 0) is 43.3 Å². The van der Waals surface area contributed by atoms with Crippen molar-refractivity contribution in [1.29, 1.82) is 0 Å². The Labute approximate surface area is 162 Å². The molecule has 144 valence electrons. The summed E-state index contributed by atoms with van der Waals surface area (Å²) in [5.41, 5.74) is 0.826. The van der Waals surface area contributed by atoms with Gasteiger partial charge in [0.1, 0.15) is 11.6 Å². The van der Waals surface area contributed by atoms with E-state index in [4.69, 9.17) is 16.3 Å². The van der Waals surface area contributed by atoms with Crippen molar-refractivity contribution in [2.45, 2.75) is 13.0 Å². The van der Waals surface area contributed by atoms with Crippen LogP contribution >= 0.6 is 11.6 Å². The average molecular weight is 395 g/mol. The number of quaternary nitrogens is 1. The van der Waals surface area contributed by atoms with Crippen LogP contribution < -0.4 is 20.3 Å². The van der Waals surface area contributed by atoms with Crippen molar-refractivity contribution in [3.8, 4) is 5.75 Å². The molecule has 1 unspecified atom stereocenters. The molecule has 27 heavy (non-hydrogen) atoms. The molecule has 0 aliphatic carbocycles. The highest BCUT2D eigenvalue weighted by atomic mass is 35.5. The highest BCUT2D eigenvalue weighted by molar-refractivity contribution is 6.31. The van der Waals surface area contributed by atoms with Crippen molar-refractivity contribution in [3.05, 3.63) is 53.3 Å². The molecule has 0 saturated heterocycles. The Balaban J connectivity index is 1.95. The minimum Gasteiger partial charge on any atom is -0.495 e. The fraction of sp³-hybridized carbons (Fsp3) is 0.263. The number of likely N-dealkylation sites (N-methyl/N-ethyl adjacent to an activating group) is 1. The number of hydrogen-bond acceptors (Lipinski definition) is 3. The van der Waals surface area contributed by atoms with Crippen molar-refractivity contribution < 1.29 is 23.6 Å². The number of hydrogen-bond donors (Lipinski definition) is 3. The van der Waals surface area contributed by atoms with Gasteiger partial charge in [-0.15, -0.1) is 0 Å². The summed E-state index contributed by atoms with van der Waals surface area (Å²) < 4.78 is 18.4. The number of nitrogens with one attached hydrogen (secondary N) is 3. The summed E-state index contributed by atoms with van der Waals surface area (Å²) in [6, 6.07) is 10.0. The molecule has 2 atom stereocenters. The molecule has 0 aromatic heterocycles. The van der Waals surface area contributed by atoms with Crippen molar-refractivity contribution in [2.24, 2.45) is 0 Å². The molecular weight excluding hydrogens is 373 g/mol. The van der Waals surface area contributed by atoms with Gasteiger partial charge < -0.3 is 20.3 Å². The third kappa shape index (κ3) is 5.94. The van der Waals surface area contributed by atoms with Gasteiger partial charge in [0.05, 0.1) is 19.8 Å². The van der Waals surface area contributed by atoms with E-state index < -0.39 is 11.9 Å². The van der Waals surface area contributed by atoms with Crippen molar-refractivity contribution >= 4 is 34.8 Å². The summed E-state index contributed by atoms with van der Waals surface area (Å²) in [4.78, 5) is 25.3. The maximum atomic E-state index is 13.2. The molecule has 0 spiro atoms. The summed E-state index contributed by atoms with van der Waals surface area (Å²) in [6.45, 7) is 1.74. The van der Waals surface area contributed by atoms with Crippen LogP contribution in [0.3, 0.4) is 0 Å². The molecule has 2 aromatic rings. The third-order valence-electron chi connectivity index (χ3n) is 4.10. The van der Waals surface area contributed by atoms with Crippen LogP contribution in [0.4, 0.5) is 15.8 Å². The smallest absolute Gasteiger partial charge is 0.282 e. The van der Waals surface area contributed by atoms with Crippen LogP contribution in [0.5, 0.6) is 5.75 Å². The van der Waals surface area contributed by atoms with Crippen molar-refractivity contribution in [1.82, 2.24) is 0 Å². The second-order valence-corrected chi connectivity index (χ2v) is 6.57. The maximum Gasteiger partial charge on any atom is 0.282 e. The molecule has 0 heterocycles. The molecule has 0 fully saturated rings. The van der Waals surface area contributed by atoms with Gasteiger partial charge in [-0.3, -0.25) is 9.59 Å². The summed E-state index contributed by atoms with van der Waals surface area (Å²) in [7, 11) is 3.22. The van der Waals surface area contributed by atoms with E-state index in [1.54, 1.807) is 38.2 Å². The maximum absolute atomic E-state index is 13.2. The number of rotatable bonds is 7. The lowest BCUT2D eigenvalue weighted by molar-refractivity contribution is -0.885. The van der Waals surface area contributed by atoms with Crippen LogP contribution in [0.2, 0.25) is 5.02 Å². The van der Waals surface area contributed by atoms with Crippen molar-refractivity contribution in [2.75, 3.05) is 31.3 Å². The fourth-order valence-electron chi connectivity index (χ4n) is 2.42. The molecule has 3 N–H and O–H groups in total. The summed E-state index contributed by atoms with van der Waals surface area (Å²) in [6.07, 6.45) is 0. The van der Waals surface area contributed by atoms with E-state index in [0.717, 1.165) is 0 Å². The van der Waals surface area contributed by atoms with E-state index in [1.165, 1.54) is 25.3 Å². The quantitative estimate of drug-likeness (QED) is 0.672. The lowest BCUT2D eigenvalue weighted by Gasteiger charge is -2.21. The Morgan fingerprint density at radius 2 is 1.96 bits per heavy atom. The van der Waals surface area contributed by atoms with Crippen LogP contribution in [0.15, 0.2) is 42.5 Å². The van der Waals surface area contributed by atoms with Crippen LogP contribution in [-0.2, 0) is 9.59 Å². The van der Waals surface area contributed by atoms with Crippen LogP contribution in [-0.4, -0.2) is 38.6 Å². The van der Waals surface area contributed by atoms with Gasteiger partial charge in [0.15, 0.2) is 12.6 Å². The Kier molecular flexibility index (Phi) is 7.15.